The normalized spacial score (nSPS) is 38.0. The first-order valence-electron chi connectivity index (χ1n) is 9.31. The van der Waals surface area contributed by atoms with Crippen LogP contribution in [0.25, 0.3) is 0 Å². The van der Waals surface area contributed by atoms with Crippen LogP contribution in [0.4, 0.5) is 0 Å². The van der Waals surface area contributed by atoms with Crippen LogP contribution in [-0.2, 0) is 15.9 Å². The van der Waals surface area contributed by atoms with Crippen LogP contribution in [0.1, 0.15) is 18.9 Å². The van der Waals surface area contributed by atoms with E-state index in [0.29, 0.717) is 5.92 Å². The number of hydrogen-bond donors (Lipinski definition) is 3. The molecule has 2 aliphatic heterocycles. The van der Waals surface area contributed by atoms with Gasteiger partial charge in [-0.15, -0.1) is 11.8 Å². The van der Waals surface area contributed by atoms with E-state index in [4.69, 9.17) is 9.47 Å². The summed E-state index contributed by atoms with van der Waals surface area (Å²) in [5, 5.41) is 30.0. The molecule has 3 aliphatic rings. The van der Waals surface area contributed by atoms with Crippen molar-refractivity contribution in [2.45, 2.75) is 54.9 Å². The minimum Gasteiger partial charge on any atom is -0.394 e. The van der Waals surface area contributed by atoms with Gasteiger partial charge in [-0.3, -0.25) is 0 Å². The number of allylic oxidation sites excluding steroid dienone is 3. The molecule has 1 aromatic rings. The number of rotatable bonds is 5. The molecule has 0 radical (unpaired) electrons. The second kappa shape index (κ2) is 7.35. The van der Waals surface area contributed by atoms with Crippen LogP contribution < -0.4 is 0 Å². The first-order chi connectivity index (χ1) is 13.0. The van der Waals surface area contributed by atoms with E-state index >= 15 is 0 Å². The maximum Gasteiger partial charge on any atom is 0.225 e. The topological polar surface area (TPSA) is 82.5 Å². The van der Waals surface area contributed by atoms with Crippen molar-refractivity contribution in [1.82, 2.24) is 0 Å². The average Bonchev–Trinajstić information content (AvgIpc) is 3.38. The van der Waals surface area contributed by atoms with E-state index in [-0.39, 0.29) is 6.61 Å². The summed E-state index contributed by atoms with van der Waals surface area (Å²) in [4.78, 5) is 1.25. The molecule has 6 atom stereocenters. The number of hydrogen-bond acceptors (Lipinski definition) is 6. The lowest BCUT2D eigenvalue weighted by atomic mass is 9.80. The number of fused-ring (bicyclic) bond motifs is 1. The molecule has 0 amide bonds. The Morgan fingerprint density at radius 2 is 1.96 bits per heavy atom. The van der Waals surface area contributed by atoms with E-state index in [1.165, 1.54) is 16.0 Å². The maximum atomic E-state index is 10.4. The molecule has 2 heterocycles. The van der Waals surface area contributed by atoms with Gasteiger partial charge in [-0.05, 0) is 55.2 Å². The third-order valence-corrected chi connectivity index (χ3v) is 6.65. The van der Waals surface area contributed by atoms with Crippen molar-refractivity contribution in [2.75, 3.05) is 12.9 Å². The number of epoxide rings is 1. The summed E-state index contributed by atoms with van der Waals surface area (Å²) < 4.78 is 11.3. The minimum atomic E-state index is -1.60. The first kappa shape index (κ1) is 19.2. The van der Waals surface area contributed by atoms with Gasteiger partial charge in [0.2, 0.25) is 5.79 Å². The molecule has 27 heavy (non-hydrogen) atoms. The van der Waals surface area contributed by atoms with Crippen molar-refractivity contribution < 1.29 is 24.8 Å². The molecule has 2 fully saturated rings. The third kappa shape index (κ3) is 3.50. The Labute approximate surface area is 163 Å². The van der Waals surface area contributed by atoms with Crippen LogP contribution in [0.2, 0.25) is 0 Å². The summed E-state index contributed by atoms with van der Waals surface area (Å²) in [7, 11) is 0. The fraction of sp³-hybridized carbons (Fsp3) is 0.524. The van der Waals surface area contributed by atoms with Crippen LogP contribution in [0.3, 0.4) is 0 Å². The monoisotopic (exact) mass is 390 g/mol. The molecular formula is C21H26O5S. The van der Waals surface area contributed by atoms with Gasteiger partial charge in [-0.1, -0.05) is 29.9 Å². The first-order valence-corrected chi connectivity index (χ1v) is 10.5. The molecular weight excluding hydrogens is 364 g/mol. The Bertz CT molecular complexity index is 758. The number of benzene rings is 1. The molecule has 0 aromatic heterocycles. The molecule has 0 spiro atoms. The number of ether oxygens (including phenoxy) is 2. The highest BCUT2D eigenvalue weighted by Gasteiger charge is 2.70. The molecule has 6 heteroatoms. The van der Waals surface area contributed by atoms with Crippen LogP contribution in [-0.4, -0.2) is 58.4 Å². The number of thioether (sulfide) groups is 1. The smallest absolute Gasteiger partial charge is 0.225 e. The van der Waals surface area contributed by atoms with Crippen LogP contribution in [0.5, 0.6) is 0 Å². The van der Waals surface area contributed by atoms with E-state index < -0.39 is 30.2 Å². The second-order valence-electron chi connectivity index (χ2n) is 7.62. The van der Waals surface area contributed by atoms with Gasteiger partial charge < -0.3 is 24.8 Å². The van der Waals surface area contributed by atoms with Crippen LogP contribution in [0.15, 0.2) is 52.5 Å². The Balaban J connectivity index is 1.48. The summed E-state index contributed by atoms with van der Waals surface area (Å²) in [6, 6.07) is 8.65. The van der Waals surface area contributed by atoms with Gasteiger partial charge in [0, 0.05) is 4.90 Å². The SMILES string of the molecule is CSc1ccc(CC2CC(C3OC(CO)C(O)C4(O)OC34)=CC=C2C)cc1. The van der Waals surface area contributed by atoms with E-state index in [9.17, 15) is 15.3 Å². The lowest BCUT2D eigenvalue weighted by Gasteiger charge is -2.35. The van der Waals surface area contributed by atoms with Crippen molar-refractivity contribution in [3.05, 3.63) is 53.1 Å². The summed E-state index contributed by atoms with van der Waals surface area (Å²) in [6.45, 7) is 1.78. The van der Waals surface area contributed by atoms with E-state index in [0.717, 1.165) is 18.4 Å². The Kier molecular flexibility index (Phi) is 5.22. The third-order valence-electron chi connectivity index (χ3n) is 5.91. The standard InChI is InChI=1S/C21H26O5S/c1-12-3-6-14(10-15(12)9-13-4-7-16(27-2)8-5-13)18-20-21(24,26-20)19(23)17(11-22)25-18/h3-8,15,17-20,22-24H,9-11H2,1-2H3. The van der Waals surface area contributed by atoms with Crippen molar-refractivity contribution in [1.29, 1.82) is 0 Å². The van der Waals surface area contributed by atoms with Gasteiger partial charge in [0.05, 0.1) is 6.61 Å². The molecule has 0 bridgehead atoms. The average molecular weight is 391 g/mol. The number of aliphatic hydroxyl groups is 3. The van der Waals surface area contributed by atoms with Gasteiger partial charge >= 0.3 is 0 Å². The highest BCUT2D eigenvalue weighted by molar-refractivity contribution is 7.98. The zero-order valence-electron chi connectivity index (χ0n) is 15.5. The highest BCUT2D eigenvalue weighted by Crippen LogP contribution is 2.49. The molecule has 146 valence electrons. The summed E-state index contributed by atoms with van der Waals surface area (Å²) in [6.07, 6.45) is 4.86. The Morgan fingerprint density at radius 3 is 2.63 bits per heavy atom. The van der Waals surface area contributed by atoms with Crippen molar-refractivity contribution >= 4 is 11.8 Å². The predicted octanol–water partition coefficient (Wildman–Crippen LogP) is 2.05. The fourth-order valence-electron chi connectivity index (χ4n) is 4.09. The van der Waals surface area contributed by atoms with Crippen LogP contribution >= 0.6 is 11.8 Å². The van der Waals surface area contributed by atoms with E-state index in [1.807, 2.05) is 6.08 Å². The fourth-order valence-corrected chi connectivity index (χ4v) is 4.50. The van der Waals surface area contributed by atoms with Crippen molar-refractivity contribution in [2.24, 2.45) is 5.92 Å². The lowest BCUT2D eigenvalue weighted by Crippen LogP contribution is -2.53. The van der Waals surface area contributed by atoms with Crippen LogP contribution in [0, 0.1) is 5.92 Å². The number of aliphatic hydroxyl groups excluding tert-OH is 2. The highest BCUT2D eigenvalue weighted by atomic mass is 32.2. The van der Waals surface area contributed by atoms with Crippen molar-refractivity contribution in [3.8, 4) is 0 Å². The Morgan fingerprint density at radius 1 is 1.22 bits per heavy atom. The summed E-state index contributed by atoms with van der Waals surface area (Å²) >= 11 is 1.73. The van der Waals surface area contributed by atoms with Crippen molar-refractivity contribution in [3.63, 3.8) is 0 Å². The largest absolute Gasteiger partial charge is 0.394 e. The molecule has 6 unspecified atom stereocenters. The van der Waals surface area contributed by atoms with Gasteiger partial charge in [0.1, 0.15) is 24.4 Å². The maximum absolute atomic E-state index is 10.4. The van der Waals surface area contributed by atoms with Gasteiger partial charge in [-0.2, -0.15) is 0 Å². The minimum absolute atomic E-state index is 0.347. The quantitative estimate of drug-likeness (QED) is 0.527. The molecule has 1 aromatic carbocycles. The molecule has 1 aliphatic carbocycles. The molecule has 3 N–H and O–H groups in total. The van der Waals surface area contributed by atoms with Gasteiger partial charge in [-0.25, -0.2) is 0 Å². The predicted molar refractivity (Wildman–Crippen MR) is 103 cm³/mol. The lowest BCUT2D eigenvalue weighted by molar-refractivity contribution is -0.176. The van der Waals surface area contributed by atoms with Gasteiger partial charge in [0.25, 0.3) is 0 Å². The Hall–Kier alpha value is -1.15. The molecule has 4 rings (SSSR count). The van der Waals surface area contributed by atoms with E-state index in [1.54, 1.807) is 11.8 Å². The molecule has 2 saturated heterocycles. The second-order valence-corrected chi connectivity index (χ2v) is 8.50. The zero-order valence-corrected chi connectivity index (χ0v) is 16.4. The van der Waals surface area contributed by atoms with E-state index in [2.05, 4.69) is 43.5 Å². The summed E-state index contributed by atoms with van der Waals surface area (Å²) in [5.41, 5.74) is 3.64. The molecule has 0 saturated carbocycles. The zero-order chi connectivity index (χ0) is 19.2. The molecule has 5 nitrogen and oxygen atoms in total. The van der Waals surface area contributed by atoms with Gasteiger partial charge in [0.15, 0.2) is 0 Å². The summed E-state index contributed by atoms with van der Waals surface area (Å²) in [5.74, 6) is -1.25.